The van der Waals surface area contributed by atoms with Gasteiger partial charge in [-0.2, -0.15) is 0 Å². The van der Waals surface area contributed by atoms with Gasteiger partial charge in [-0.05, 0) is 31.2 Å². The maximum atomic E-state index is 11.3. The van der Waals surface area contributed by atoms with Gasteiger partial charge in [0.25, 0.3) is 0 Å². The van der Waals surface area contributed by atoms with Gasteiger partial charge in [0, 0.05) is 11.1 Å². The van der Waals surface area contributed by atoms with Gasteiger partial charge in [-0.1, -0.05) is 36.8 Å². The molecule has 0 saturated heterocycles. The van der Waals surface area contributed by atoms with Crippen LogP contribution in [0, 0.1) is 5.92 Å². The highest BCUT2D eigenvalue weighted by Gasteiger charge is 2.18. The van der Waals surface area contributed by atoms with E-state index < -0.39 is 5.97 Å². The first-order valence-electron chi connectivity index (χ1n) is 6.90. The molecule has 0 amide bonds. The predicted molar refractivity (Wildman–Crippen MR) is 80.9 cm³/mol. The highest BCUT2D eigenvalue weighted by Crippen LogP contribution is 2.19. The molecule has 1 N–H and O–H groups in total. The lowest BCUT2D eigenvalue weighted by molar-refractivity contribution is -0.141. The summed E-state index contributed by atoms with van der Waals surface area (Å²) in [6.45, 7) is 0. The molecule has 0 fully saturated rings. The minimum Gasteiger partial charge on any atom is -0.481 e. The Balaban J connectivity index is 1.74. The number of hydrogen-bond donors (Lipinski definition) is 1. The summed E-state index contributed by atoms with van der Waals surface area (Å²) in [6.07, 6.45) is 6.12. The Hall–Kier alpha value is -1.68. The van der Waals surface area contributed by atoms with Crippen LogP contribution in [0.15, 0.2) is 42.0 Å². The monoisotopic (exact) mass is 289 g/mol. The standard InChI is InChI=1S/C16H19NO2S/c18-16(19)14(10-15-11-17-12-20-15)9-5-4-8-13-6-2-1-3-7-13/h1-3,6-7,11-12,14H,4-5,8-10H2,(H,18,19). The van der Waals surface area contributed by atoms with Crippen LogP contribution in [0.5, 0.6) is 0 Å². The summed E-state index contributed by atoms with van der Waals surface area (Å²) in [7, 11) is 0. The van der Waals surface area contributed by atoms with Crippen molar-refractivity contribution in [2.24, 2.45) is 5.92 Å². The van der Waals surface area contributed by atoms with Gasteiger partial charge in [-0.25, -0.2) is 0 Å². The highest BCUT2D eigenvalue weighted by molar-refractivity contribution is 7.09. The quantitative estimate of drug-likeness (QED) is 0.752. The average molecular weight is 289 g/mol. The molecule has 1 unspecified atom stereocenters. The molecule has 20 heavy (non-hydrogen) atoms. The lowest BCUT2D eigenvalue weighted by Gasteiger charge is -2.10. The number of thiazole rings is 1. The fourth-order valence-electron chi connectivity index (χ4n) is 2.26. The molecule has 0 radical (unpaired) electrons. The molecule has 4 heteroatoms. The van der Waals surface area contributed by atoms with E-state index >= 15 is 0 Å². The smallest absolute Gasteiger partial charge is 0.306 e. The number of unbranched alkanes of at least 4 members (excludes halogenated alkanes) is 1. The molecule has 0 aliphatic carbocycles. The highest BCUT2D eigenvalue weighted by atomic mass is 32.1. The van der Waals surface area contributed by atoms with Crippen LogP contribution >= 0.6 is 11.3 Å². The van der Waals surface area contributed by atoms with Crippen molar-refractivity contribution < 1.29 is 9.90 Å². The first kappa shape index (κ1) is 14.7. The van der Waals surface area contributed by atoms with Crippen LogP contribution in [0.3, 0.4) is 0 Å². The minimum absolute atomic E-state index is 0.286. The number of rotatable bonds is 8. The Morgan fingerprint density at radius 3 is 2.70 bits per heavy atom. The summed E-state index contributed by atoms with van der Waals surface area (Å²) >= 11 is 1.53. The predicted octanol–water partition coefficient (Wildman–Crippen LogP) is 3.80. The van der Waals surface area contributed by atoms with Gasteiger partial charge in [-0.3, -0.25) is 9.78 Å². The number of aryl methyl sites for hydroxylation is 1. The molecule has 1 heterocycles. The van der Waals surface area contributed by atoms with E-state index in [4.69, 9.17) is 0 Å². The molecule has 106 valence electrons. The Morgan fingerprint density at radius 1 is 1.25 bits per heavy atom. The lowest BCUT2D eigenvalue weighted by Crippen LogP contribution is -2.16. The molecule has 0 spiro atoms. The van der Waals surface area contributed by atoms with E-state index in [1.807, 2.05) is 18.2 Å². The first-order valence-corrected chi connectivity index (χ1v) is 7.78. The molecule has 2 rings (SSSR count). The van der Waals surface area contributed by atoms with Crippen LogP contribution in [0.25, 0.3) is 0 Å². The summed E-state index contributed by atoms with van der Waals surface area (Å²) in [6, 6.07) is 10.3. The number of hydrogen-bond acceptors (Lipinski definition) is 3. The van der Waals surface area contributed by atoms with E-state index in [9.17, 15) is 9.90 Å². The third-order valence-corrected chi connectivity index (χ3v) is 4.19. The van der Waals surface area contributed by atoms with Gasteiger partial charge in [0.05, 0.1) is 11.4 Å². The van der Waals surface area contributed by atoms with Gasteiger partial charge in [-0.15, -0.1) is 11.3 Å². The molecule has 3 nitrogen and oxygen atoms in total. The Bertz CT molecular complexity index is 511. The number of carbonyl (C=O) groups is 1. The van der Waals surface area contributed by atoms with Crippen LogP contribution in [0.4, 0.5) is 0 Å². The Morgan fingerprint density at radius 2 is 2.05 bits per heavy atom. The molecule has 1 aromatic carbocycles. The molecule has 1 atom stereocenters. The van der Waals surface area contributed by atoms with E-state index in [0.717, 1.165) is 30.6 Å². The lowest BCUT2D eigenvalue weighted by atomic mass is 9.96. The Labute approximate surface area is 123 Å². The number of benzene rings is 1. The van der Waals surface area contributed by atoms with Crippen LogP contribution < -0.4 is 0 Å². The van der Waals surface area contributed by atoms with Crippen LogP contribution in [0.2, 0.25) is 0 Å². The first-order chi connectivity index (χ1) is 9.75. The zero-order chi connectivity index (χ0) is 14.2. The van der Waals surface area contributed by atoms with Gasteiger partial charge < -0.3 is 5.11 Å². The van der Waals surface area contributed by atoms with Crippen molar-refractivity contribution in [2.45, 2.75) is 32.1 Å². The van der Waals surface area contributed by atoms with Gasteiger partial charge >= 0.3 is 5.97 Å². The maximum absolute atomic E-state index is 11.3. The van der Waals surface area contributed by atoms with Crippen molar-refractivity contribution in [3.05, 3.63) is 52.5 Å². The second kappa shape index (κ2) is 7.80. The number of nitrogens with zero attached hydrogens (tertiary/aromatic N) is 1. The topological polar surface area (TPSA) is 50.2 Å². The second-order valence-corrected chi connectivity index (χ2v) is 5.91. The molecule has 0 bridgehead atoms. The van der Waals surface area contributed by atoms with Crippen LogP contribution in [-0.2, 0) is 17.6 Å². The maximum Gasteiger partial charge on any atom is 0.306 e. The number of aliphatic carboxylic acids is 1. The fourth-order valence-corrected chi connectivity index (χ4v) is 2.94. The third kappa shape index (κ3) is 4.78. The van der Waals surface area contributed by atoms with E-state index in [2.05, 4.69) is 17.1 Å². The van der Waals surface area contributed by atoms with Crippen LogP contribution in [-0.4, -0.2) is 16.1 Å². The molecular weight excluding hydrogens is 270 g/mol. The van der Waals surface area contributed by atoms with Gasteiger partial charge in [0.15, 0.2) is 0 Å². The molecule has 2 aromatic rings. The SMILES string of the molecule is O=C(O)C(CCCCc1ccccc1)Cc1cncs1. The molecular formula is C16H19NO2S. The van der Waals surface area contributed by atoms with Crippen molar-refractivity contribution >= 4 is 17.3 Å². The van der Waals surface area contributed by atoms with E-state index in [1.54, 1.807) is 11.7 Å². The molecule has 0 saturated carbocycles. The van der Waals surface area contributed by atoms with Gasteiger partial charge in [0.2, 0.25) is 0 Å². The zero-order valence-corrected chi connectivity index (χ0v) is 12.2. The Kier molecular flexibility index (Phi) is 5.74. The van der Waals surface area contributed by atoms with E-state index in [-0.39, 0.29) is 5.92 Å². The van der Waals surface area contributed by atoms with E-state index in [0.29, 0.717) is 6.42 Å². The van der Waals surface area contributed by atoms with Crippen molar-refractivity contribution in [3.8, 4) is 0 Å². The number of aromatic nitrogens is 1. The molecule has 1 aromatic heterocycles. The molecule has 0 aliphatic rings. The number of carboxylic acid groups (broad SMARTS) is 1. The minimum atomic E-state index is -0.696. The average Bonchev–Trinajstić information content (AvgIpc) is 2.96. The van der Waals surface area contributed by atoms with Gasteiger partial charge in [0.1, 0.15) is 0 Å². The van der Waals surface area contributed by atoms with Crippen LogP contribution in [0.1, 0.15) is 29.7 Å². The molecule has 0 aliphatic heterocycles. The van der Waals surface area contributed by atoms with Crippen molar-refractivity contribution in [1.82, 2.24) is 4.98 Å². The summed E-state index contributed by atoms with van der Waals surface area (Å²) in [5.74, 6) is -0.982. The van der Waals surface area contributed by atoms with Crippen molar-refractivity contribution in [1.29, 1.82) is 0 Å². The zero-order valence-electron chi connectivity index (χ0n) is 11.4. The summed E-state index contributed by atoms with van der Waals surface area (Å²) in [5.41, 5.74) is 3.07. The summed E-state index contributed by atoms with van der Waals surface area (Å²) in [4.78, 5) is 16.3. The normalized spacial score (nSPS) is 12.2. The number of carboxylic acids is 1. The third-order valence-electron chi connectivity index (χ3n) is 3.39. The van der Waals surface area contributed by atoms with Crippen molar-refractivity contribution in [3.63, 3.8) is 0 Å². The second-order valence-electron chi connectivity index (χ2n) is 4.94. The van der Waals surface area contributed by atoms with E-state index in [1.165, 1.54) is 16.9 Å². The van der Waals surface area contributed by atoms with Crippen molar-refractivity contribution in [2.75, 3.05) is 0 Å². The largest absolute Gasteiger partial charge is 0.481 e. The fraction of sp³-hybridized carbons (Fsp3) is 0.375. The summed E-state index contributed by atoms with van der Waals surface area (Å²) in [5, 5.41) is 9.27. The summed E-state index contributed by atoms with van der Waals surface area (Å²) < 4.78 is 0.